The van der Waals surface area contributed by atoms with E-state index in [0.717, 1.165) is 33.4 Å². The van der Waals surface area contributed by atoms with Crippen LogP contribution in [0.2, 0.25) is 0 Å². The van der Waals surface area contributed by atoms with Crippen LogP contribution in [-0.2, 0) is 20.9 Å². The Bertz CT molecular complexity index is 1390. The maximum Gasteiger partial charge on any atom is 0.243 e. The summed E-state index contributed by atoms with van der Waals surface area (Å²) < 4.78 is 28.8. The molecule has 0 radical (unpaired) electrons. The minimum atomic E-state index is -3.66. The molecule has 1 fully saturated rings. The van der Waals surface area contributed by atoms with Gasteiger partial charge in [-0.2, -0.15) is 4.31 Å². The average Bonchev–Trinajstić information content (AvgIpc) is 3.21. The number of hydrogen-bond acceptors (Lipinski definition) is 3. The lowest BCUT2D eigenvalue weighted by molar-refractivity contribution is 0.420. The number of sulfonamides is 1. The Kier molecular flexibility index (Phi) is 7.41. The molecule has 0 saturated carbocycles. The highest BCUT2D eigenvalue weighted by atomic mass is 32.2. The zero-order valence-electron chi connectivity index (χ0n) is 23.7. The van der Waals surface area contributed by atoms with Gasteiger partial charge in [-0.3, -0.25) is 0 Å². The first-order valence-electron chi connectivity index (χ1n) is 13.3. The fourth-order valence-electron chi connectivity index (χ4n) is 5.44. The Balaban J connectivity index is 1.85. The summed E-state index contributed by atoms with van der Waals surface area (Å²) in [4.78, 5) is 0.308. The second-order valence-electron chi connectivity index (χ2n) is 12.7. The third kappa shape index (κ3) is 5.45. The highest BCUT2D eigenvalue weighted by molar-refractivity contribution is 7.89. The number of nitrogens with zero attached hydrogens (tertiary/aromatic N) is 1. The van der Waals surface area contributed by atoms with E-state index in [4.69, 9.17) is 0 Å². The van der Waals surface area contributed by atoms with Crippen LogP contribution in [0.5, 0.6) is 5.75 Å². The number of phenols is 1. The maximum atomic E-state index is 13.6. The zero-order valence-corrected chi connectivity index (χ0v) is 24.6. The summed E-state index contributed by atoms with van der Waals surface area (Å²) in [6.45, 7) is 19.6. The van der Waals surface area contributed by atoms with Crippen molar-refractivity contribution in [1.82, 2.24) is 4.31 Å². The third-order valence-electron chi connectivity index (χ3n) is 7.63. The van der Waals surface area contributed by atoms with Gasteiger partial charge in [-0.25, -0.2) is 8.42 Å². The molecule has 1 heterocycles. The van der Waals surface area contributed by atoms with Gasteiger partial charge in [0.1, 0.15) is 5.75 Å². The van der Waals surface area contributed by atoms with Gasteiger partial charge >= 0.3 is 0 Å². The first-order chi connectivity index (χ1) is 17.6. The van der Waals surface area contributed by atoms with Crippen molar-refractivity contribution >= 4 is 10.0 Å². The lowest BCUT2D eigenvalue weighted by Crippen LogP contribution is -2.30. The van der Waals surface area contributed by atoms with Gasteiger partial charge in [0.25, 0.3) is 0 Å². The van der Waals surface area contributed by atoms with Crippen molar-refractivity contribution in [2.24, 2.45) is 5.92 Å². The lowest BCUT2D eigenvalue weighted by atomic mass is 9.73. The highest BCUT2D eigenvalue weighted by Crippen LogP contribution is 2.46. The molecular formula is C33H41NO3S. The largest absolute Gasteiger partial charge is 0.507 e. The van der Waals surface area contributed by atoms with Gasteiger partial charge in [0.05, 0.1) is 4.90 Å². The van der Waals surface area contributed by atoms with Crippen LogP contribution in [0.4, 0.5) is 0 Å². The van der Waals surface area contributed by atoms with Crippen LogP contribution in [0.3, 0.4) is 0 Å². The van der Waals surface area contributed by atoms with Gasteiger partial charge in [0.2, 0.25) is 10.0 Å². The van der Waals surface area contributed by atoms with E-state index in [9.17, 15) is 13.5 Å². The molecule has 1 aliphatic rings. The van der Waals surface area contributed by atoms with Crippen molar-refractivity contribution in [1.29, 1.82) is 0 Å². The quantitative estimate of drug-likeness (QED) is 0.351. The fourth-order valence-corrected chi connectivity index (χ4v) is 6.91. The summed E-state index contributed by atoms with van der Waals surface area (Å²) in [5, 5.41) is 11.3. The van der Waals surface area contributed by atoms with Crippen LogP contribution in [-0.4, -0.2) is 30.9 Å². The van der Waals surface area contributed by atoms with E-state index in [1.165, 1.54) is 0 Å². The molecule has 0 unspecified atom stereocenters. The topological polar surface area (TPSA) is 57.6 Å². The fraction of sp³-hybridized carbons (Fsp3) is 0.394. The summed E-state index contributed by atoms with van der Waals surface area (Å²) in [7, 11) is -3.66. The third-order valence-corrected chi connectivity index (χ3v) is 9.46. The Labute approximate surface area is 229 Å². The van der Waals surface area contributed by atoms with Crippen LogP contribution in [0.1, 0.15) is 75.3 Å². The predicted molar refractivity (Wildman–Crippen MR) is 156 cm³/mol. The molecule has 0 bridgehead atoms. The molecule has 3 aromatic rings. The van der Waals surface area contributed by atoms with Crippen molar-refractivity contribution < 1.29 is 13.5 Å². The van der Waals surface area contributed by atoms with Gasteiger partial charge in [-0.15, -0.1) is 0 Å². The monoisotopic (exact) mass is 531 g/mol. The Morgan fingerprint density at radius 1 is 0.868 bits per heavy atom. The maximum absolute atomic E-state index is 13.6. The van der Waals surface area contributed by atoms with Gasteiger partial charge in [-0.05, 0) is 52.1 Å². The van der Waals surface area contributed by atoms with Crippen molar-refractivity contribution in [2.75, 3.05) is 13.1 Å². The van der Waals surface area contributed by atoms with Gasteiger partial charge in [0, 0.05) is 24.9 Å². The molecule has 0 aromatic heterocycles. The van der Waals surface area contributed by atoms with E-state index < -0.39 is 10.0 Å². The molecular weight excluding hydrogens is 490 g/mol. The van der Waals surface area contributed by atoms with Crippen LogP contribution in [0.15, 0.2) is 83.8 Å². The SMILES string of the molecule is C=C1CN(S(=O)(=O)c2ccc(C)cc2)C[C@H]1[C@@H](c1ccccc1)c1cc(C(C)(C)C)c(O)c(C(C)(C)C)c1. The van der Waals surface area contributed by atoms with Crippen LogP contribution in [0, 0.1) is 12.8 Å². The number of rotatable bonds is 5. The number of aryl methyl sites for hydroxylation is 1. The second kappa shape index (κ2) is 10.0. The van der Waals surface area contributed by atoms with Crippen LogP contribution in [0.25, 0.3) is 0 Å². The number of hydrogen-bond donors (Lipinski definition) is 1. The summed E-state index contributed by atoms with van der Waals surface area (Å²) in [6, 6.07) is 21.5. The Morgan fingerprint density at radius 3 is 1.89 bits per heavy atom. The first-order valence-corrected chi connectivity index (χ1v) is 14.7. The molecule has 4 rings (SSSR count). The van der Waals surface area contributed by atoms with Crippen molar-refractivity contribution in [3.8, 4) is 5.75 Å². The molecule has 1 saturated heterocycles. The molecule has 2 atom stereocenters. The van der Waals surface area contributed by atoms with E-state index in [2.05, 4.69) is 72.4 Å². The molecule has 38 heavy (non-hydrogen) atoms. The smallest absolute Gasteiger partial charge is 0.243 e. The minimum absolute atomic E-state index is 0.107. The van der Waals surface area contributed by atoms with E-state index >= 15 is 0 Å². The molecule has 4 nitrogen and oxygen atoms in total. The van der Waals surface area contributed by atoms with E-state index in [1.54, 1.807) is 16.4 Å². The Hall–Kier alpha value is -2.89. The van der Waals surface area contributed by atoms with Crippen molar-refractivity contribution in [3.63, 3.8) is 0 Å². The normalized spacial score (nSPS) is 18.1. The van der Waals surface area contributed by atoms with E-state index in [-0.39, 0.29) is 22.7 Å². The molecule has 202 valence electrons. The van der Waals surface area contributed by atoms with Crippen LogP contribution >= 0.6 is 0 Å². The molecule has 0 spiro atoms. The molecule has 3 aromatic carbocycles. The predicted octanol–water partition coefficient (Wildman–Crippen LogP) is 7.30. The highest BCUT2D eigenvalue weighted by Gasteiger charge is 2.40. The number of benzene rings is 3. The molecule has 5 heteroatoms. The summed E-state index contributed by atoms with van der Waals surface area (Å²) in [5.74, 6) is 0.127. The van der Waals surface area contributed by atoms with Crippen LogP contribution < -0.4 is 0 Å². The summed E-state index contributed by atoms with van der Waals surface area (Å²) >= 11 is 0. The number of aromatic hydroxyl groups is 1. The molecule has 0 amide bonds. The average molecular weight is 532 g/mol. The number of phenolic OH excluding ortho intramolecular Hbond substituents is 1. The van der Waals surface area contributed by atoms with E-state index in [0.29, 0.717) is 23.7 Å². The van der Waals surface area contributed by atoms with Crippen molar-refractivity contribution in [2.45, 2.75) is 70.1 Å². The Morgan fingerprint density at radius 2 is 1.39 bits per heavy atom. The standard InChI is InChI=1S/C33H41NO3S/c1-22-14-16-26(17-15-22)38(36,37)34-20-23(2)27(21-34)30(24-12-10-9-11-13-24)25-18-28(32(3,4)5)31(35)29(19-25)33(6,7)8/h9-19,27,30,35H,2,20-21H2,1,3-8H3/t27-,30+/m1/s1. The molecule has 0 aliphatic carbocycles. The van der Waals surface area contributed by atoms with Crippen molar-refractivity contribution in [3.05, 3.63) is 107 Å². The molecule has 1 aliphatic heterocycles. The summed E-state index contributed by atoms with van der Waals surface area (Å²) in [6.07, 6.45) is 0. The second-order valence-corrected chi connectivity index (χ2v) is 14.7. The summed E-state index contributed by atoms with van der Waals surface area (Å²) in [5.41, 5.74) is 5.36. The van der Waals surface area contributed by atoms with Gasteiger partial charge < -0.3 is 5.11 Å². The first kappa shape index (κ1) is 28.1. The lowest BCUT2D eigenvalue weighted by Gasteiger charge is -2.32. The minimum Gasteiger partial charge on any atom is -0.507 e. The zero-order chi connectivity index (χ0) is 28.0. The molecule has 1 N–H and O–H groups in total. The van der Waals surface area contributed by atoms with E-state index in [1.807, 2.05) is 37.3 Å². The van der Waals surface area contributed by atoms with Gasteiger partial charge in [-0.1, -0.05) is 114 Å². The van der Waals surface area contributed by atoms with Gasteiger partial charge in [0.15, 0.2) is 0 Å².